The monoisotopic (exact) mass is 352 g/mol. The van der Waals surface area contributed by atoms with Crippen molar-refractivity contribution in [1.82, 2.24) is 9.55 Å². The van der Waals surface area contributed by atoms with Gasteiger partial charge < -0.3 is 9.30 Å². The second kappa shape index (κ2) is 7.57. The molecule has 0 aliphatic heterocycles. The van der Waals surface area contributed by atoms with Gasteiger partial charge in [-0.3, -0.25) is 4.79 Å². The third-order valence-corrected chi connectivity index (χ3v) is 5.20. The van der Waals surface area contributed by atoms with Gasteiger partial charge in [0, 0.05) is 12.6 Å². The van der Waals surface area contributed by atoms with Crippen LogP contribution in [0, 0.1) is 0 Å². The maximum Gasteiger partial charge on any atom is 0.175 e. The lowest BCUT2D eigenvalue weighted by atomic mass is 10.1. The SMILES string of the molecule is COc1ccc(C(=O)[C@@H](C)Sc2ncc(-c3ccccc3)n2C)cc1. The van der Waals surface area contributed by atoms with Crippen LogP contribution in [0.5, 0.6) is 5.75 Å². The number of aromatic nitrogens is 2. The van der Waals surface area contributed by atoms with E-state index in [1.807, 2.05) is 42.9 Å². The summed E-state index contributed by atoms with van der Waals surface area (Å²) in [5.74, 6) is 0.824. The Morgan fingerprint density at radius 1 is 1.12 bits per heavy atom. The van der Waals surface area contributed by atoms with Gasteiger partial charge in [-0.15, -0.1) is 0 Å². The van der Waals surface area contributed by atoms with Gasteiger partial charge in [0.2, 0.25) is 0 Å². The number of nitrogens with zero attached hydrogens (tertiary/aromatic N) is 2. The number of carbonyl (C=O) groups is 1. The zero-order valence-corrected chi connectivity index (χ0v) is 15.3. The fourth-order valence-corrected chi connectivity index (χ4v) is 3.51. The molecule has 0 bridgehead atoms. The summed E-state index contributed by atoms with van der Waals surface area (Å²) in [5.41, 5.74) is 2.82. The maximum atomic E-state index is 12.6. The average molecular weight is 352 g/mol. The molecule has 3 rings (SSSR count). The number of benzene rings is 2. The Balaban J connectivity index is 1.75. The van der Waals surface area contributed by atoms with Gasteiger partial charge >= 0.3 is 0 Å². The summed E-state index contributed by atoms with van der Waals surface area (Å²) in [6, 6.07) is 17.3. The Labute approximate surface area is 151 Å². The predicted octanol–water partition coefficient (Wildman–Crippen LogP) is 4.46. The fourth-order valence-electron chi connectivity index (χ4n) is 2.58. The Bertz CT molecular complexity index is 857. The Hall–Kier alpha value is -2.53. The van der Waals surface area contributed by atoms with Gasteiger partial charge in [-0.2, -0.15) is 0 Å². The molecule has 0 fully saturated rings. The molecule has 0 amide bonds. The average Bonchev–Trinajstić information content (AvgIpc) is 3.02. The van der Waals surface area contributed by atoms with E-state index < -0.39 is 0 Å². The van der Waals surface area contributed by atoms with E-state index in [4.69, 9.17) is 4.74 Å². The van der Waals surface area contributed by atoms with Crippen molar-refractivity contribution >= 4 is 17.5 Å². The number of methoxy groups -OCH3 is 1. The molecule has 0 unspecified atom stereocenters. The predicted molar refractivity (Wildman–Crippen MR) is 101 cm³/mol. The lowest BCUT2D eigenvalue weighted by molar-refractivity contribution is 0.0994. The van der Waals surface area contributed by atoms with Crippen molar-refractivity contribution in [3.63, 3.8) is 0 Å². The second-order valence-corrected chi connectivity index (χ2v) is 7.01. The van der Waals surface area contributed by atoms with E-state index in [0.29, 0.717) is 5.56 Å². The molecule has 2 aromatic carbocycles. The summed E-state index contributed by atoms with van der Waals surface area (Å²) in [6.07, 6.45) is 1.85. The molecule has 128 valence electrons. The van der Waals surface area contributed by atoms with Crippen LogP contribution in [0.3, 0.4) is 0 Å². The molecular formula is C20H20N2O2S. The van der Waals surface area contributed by atoms with Crippen molar-refractivity contribution in [2.45, 2.75) is 17.3 Å². The number of Topliss-reactive ketones (excluding diaryl/α,β-unsaturated/α-hetero) is 1. The summed E-state index contributed by atoms with van der Waals surface area (Å²) >= 11 is 1.47. The van der Waals surface area contributed by atoms with Crippen LogP contribution < -0.4 is 4.74 Å². The van der Waals surface area contributed by atoms with Crippen LogP contribution in [0.1, 0.15) is 17.3 Å². The van der Waals surface area contributed by atoms with Crippen molar-refractivity contribution in [3.05, 3.63) is 66.4 Å². The smallest absolute Gasteiger partial charge is 0.175 e. The highest BCUT2D eigenvalue weighted by atomic mass is 32.2. The van der Waals surface area contributed by atoms with Crippen LogP contribution >= 0.6 is 11.8 Å². The Morgan fingerprint density at radius 3 is 2.44 bits per heavy atom. The molecule has 0 saturated heterocycles. The highest BCUT2D eigenvalue weighted by Crippen LogP contribution is 2.29. The van der Waals surface area contributed by atoms with Gasteiger partial charge in [0.05, 0.1) is 24.3 Å². The van der Waals surface area contributed by atoms with Crippen molar-refractivity contribution < 1.29 is 9.53 Å². The number of ether oxygens (including phenoxy) is 1. The molecule has 4 nitrogen and oxygen atoms in total. The second-order valence-electron chi connectivity index (χ2n) is 5.70. The summed E-state index contributed by atoms with van der Waals surface area (Å²) in [4.78, 5) is 17.1. The molecule has 1 heterocycles. The van der Waals surface area contributed by atoms with Gasteiger partial charge in [-0.25, -0.2) is 4.98 Å². The van der Waals surface area contributed by atoms with E-state index in [1.54, 1.807) is 31.4 Å². The summed E-state index contributed by atoms with van der Waals surface area (Å²) in [6.45, 7) is 1.91. The summed E-state index contributed by atoms with van der Waals surface area (Å²) in [7, 11) is 3.59. The first-order chi connectivity index (χ1) is 12.1. The topological polar surface area (TPSA) is 44.1 Å². The minimum atomic E-state index is -0.224. The fraction of sp³-hybridized carbons (Fsp3) is 0.200. The third-order valence-electron chi connectivity index (χ3n) is 4.04. The molecule has 0 N–H and O–H groups in total. The van der Waals surface area contributed by atoms with E-state index in [-0.39, 0.29) is 11.0 Å². The van der Waals surface area contributed by atoms with Crippen LogP contribution in [-0.2, 0) is 7.05 Å². The van der Waals surface area contributed by atoms with E-state index in [0.717, 1.165) is 22.2 Å². The molecule has 0 aliphatic carbocycles. The first-order valence-corrected chi connectivity index (χ1v) is 8.90. The van der Waals surface area contributed by atoms with E-state index >= 15 is 0 Å². The van der Waals surface area contributed by atoms with Gasteiger partial charge in [0.25, 0.3) is 0 Å². The highest BCUT2D eigenvalue weighted by molar-refractivity contribution is 8.00. The molecule has 1 aromatic heterocycles. The highest BCUT2D eigenvalue weighted by Gasteiger charge is 2.19. The lowest BCUT2D eigenvalue weighted by Gasteiger charge is -2.11. The standard InChI is InChI=1S/C20H20N2O2S/c1-14(19(23)16-9-11-17(24-3)12-10-16)25-20-21-13-18(22(20)2)15-7-5-4-6-8-15/h4-14H,1-3H3/t14-/m1/s1. The van der Waals surface area contributed by atoms with Gasteiger partial charge in [0.1, 0.15) is 5.75 Å². The quantitative estimate of drug-likeness (QED) is 0.485. The number of carbonyl (C=O) groups excluding carboxylic acids is 1. The van der Waals surface area contributed by atoms with Crippen molar-refractivity contribution in [2.24, 2.45) is 7.05 Å². The van der Waals surface area contributed by atoms with E-state index in [9.17, 15) is 4.79 Å². The number of ketones is 1. The van der Waals surface area contributed by atoms with Crippen LogP contribution in [0.4, 0.5) is 0 Å². The molecule has 5 heteroatoms. The Morgan fingerprint density at radius 2 is 1.80 bits per heavy atom. The molecule has 0 spiro atoms. The minimum absolute atomic E-state index is 0.0805. The van der Waals surface area contributed by atoms with Crippen molar-refractivity contribution in [2.75, 3.05) is 7.11 Å². The van der Waals surface area contributed by atoms with E-state index in [2.05, 4.69) is 17.1 Å². The van der Waals surface area contributed by atoms with Crippen molar-refractivity contribution in [3.8, 4) is 17.0 Å². The third kappa shape index (κ3) is 3.77. The maximum absolute atomic E-state index is 12.6. The normalized spacial score (nSPS) is 12.0. The molecule has 0 saturated carbocycles. The number of hydrogen-bond acceptors (Lipinski definition) is 4. The number of hydrogen-bond donors (Lipinski definition) is 0. The summed E-state index contributed by atoms with van der Waals surface area (Å²) < 4.78 is 7.16. The Kier molecular flexibility index (Phi) is 5.24. The molecular weight excluding hydrogens is 332 g/mol. The molecule has 3 aromatic rings. The van der Waals surface area contributed by atoms with Gasteiger partial charge in [0.15, 0.2) is 10.9 Å². The minimum Gasteiger partial charge on any atom is -0.497 e. The van der Waals surface area contributed by atoms with Crippen molar-refractivity contribution in [1.29, 1.82) is 0 Å². The van der Waals surface area contributed by atoms with Crippen LogP contribution in [-0.4, -0.2) is 27.7 Å². The molecule has 1 atom stereocenters. The number of thioether (sulfide) groups is 1. The number of rotatable bonds is 6. The van der Waals surface area contributed by atoms with Gasteiger partial charge in [-0.05, 0) is 36.8 Å². The first-order valence-electron chi connectivity index (χ1n) is 8.02. The lowest BCUT2D eigenvalue weighted by Crippen LogP contribution is -2.14. The molecule has 0 radical (unpaired) electrons. The molecule has 0 aliphatic rings. The van der Waals surface area contributed by atoms with E-state index in [1.165, 1.54) is 11.8 Å². The molecule has 25 heavy (non-hydrogen) atoms. The summed E-state index contributed by atoms with van der Waals surface area (Å²) in [5, 5.41) is 0.603. The zero-order chi connectivity index (χ0) is 17.8. The van der Waals surface area contributed by atoms with Gasteiger partial charge in [-0.1, -0.05) is 42.1 Å². The van der Waals surface area contributed by atoms with Crippen LogP contribution in [0.15, 0.2) is 66.0 Å². The van der Waals surface area contributed by atoms with Crippen LogP contribution in [0.25, 0.3) is 11.3 Å². The zero-order valence-electron chi connectivity index (χ0n) is 14.5. The van der Waals surface area contributed by atoms with Crippen LogP contribution in [0.2, 0.25) is 0 Å². The largest absolute Gasteiger partial charge is 0.497 e. The number of imidazole rings is 1. The first kappa shape index (κ1) is 17.3.